The maximum Gasteiger partial charge on any atom is 0.272 e. The molecule has 0 amide bonds. The summed E-state index contributed by atoms with van der Waals surface area (Å²) in [5.74, 6) is 1.27. The molecule has 4 aromatic rings. The SMILES string of the molecule is COc1ccc(CNc2nnc(SCc3cc(=O)n4[nH]cc(C#N)c4n3)s2)cc1. The molecular weight excluding hydrogens is 410 g/mol. The van der Waals surface area contributed by atoms with Crippen molar-refractivity contribution in [2.75, 3.05) is 12.4 Å². The first kappa shape index (κ1) is 19.0. The van der Waals surface area contributed by atoms with Gasteiger partial charge in [-0.15, -0.1) is 10.2 Å². The fourth-order valence-electron chi connectivity index (χ4n) is 2.58. The fourth-order valence-corrected chi connectivity index (χ4v) is 4.22. The lowest BCUT2D eigenvalue weighted by atomic mass is 10.2. The standard InChI is InChI=1S/C18H15N7O2S2/c1-27-14-4-2-11(3-5-14)8-20-17-23-24-18(29-17)28-10-13-6-15(26)25-16(22-13)12(7-19)9-21-25/h2-6,9,21H,8,10H2,1H3,(H,20,23). The average molecular weight is 425 g/mol. The first-order valence-electron chi connectivity index (χ1n) is 8.49. The maximum atomic E-state index is 12.1. The number of nitriles is 1. The van der Waals surface area contributed by atoms with Crippen LogP contribution in [-0.4, -0.2) is 31.9 Å². The van der Waals surface area contributed by atoms with Gasteiger partial charge in [0.05, 0.1) is 12.8 Å². The number of aromatic nitrogens is 5. The predicted octanol–water partition coefficient (Wildman–Crippen LogP) is 2.66. The van der Waals surface area contributed by atoms with E-state index in [1.54, 1.807) is 7.11 Å². The molecular formula is C18H15N7O2S2. The van der Waals surface area contributed by atoms with E-state index in [1.165, 1.54) is 39.9 Å². The Morgan fingerprint density at radius 1 is 1.34 bits per heavy atom. The summed E-state index contributed by atoms with van der Waals surface area (Å²) >= 11 is 2.87. The summed E-state index contributed by atoms with van der Waals surface area (Å²) in [6.07, 6.45) is 1.46. The number of anilines is 1. The summed E-state index contributed by atoms with van der Waals surface area (Å²) in [4.78, 5) is 16.5. The van der Waals surface area contributed by atoms with Crippen LogP contribution in [0.5, 0.6) is 5.75 Å². The second-order valence-corrected chi connectivity index (χ2v) is 8.11. The molecule has 0 aliphatic heterocycles. The van der Waals surface area contributed by atoms with Crippen LogP contribution in [0.25, 0.3) is 5.65 Å². The Bertz CT molecular complexity index is 1240. The Hall–Kier alpha value is -3.36. The highest BCUT2D eigenvalue weighted by molar-refractivity contribution is 8.00. The number of fused-ring (bicyclic) bond motifs is 1. The third-order valence-corrected chi connectivity index (χ3v) is 6.07. The van der Waals surface area contributed by atoms with E-state index >= 15 is 0 Å². The second kappa shape index (κ2) is 8.34. The summed E-state index contributed by atoms with van der Waals surface area (Å²) in [6, 6.07) is 11.3. The number of aromatic amines is 1. The molecule has 0 aliphatic rings. The van der Waals surface area contributed by atoms with Crippen molar-refractivity contribution in [3.05, 3.63) is 63.7 Å². The minimum Gasteiger partial charge on any atom is -0.497 e. The van der Waals surface area contributed by atoms with E-state index in [4.69, 9.17) is 10.00 Å². The van der Waals surface area contributed by atoms with Gasteiger partial charge in [0.1, 0.15) is 17.4 Å². The quantitative estimate of drug-likeness (QED) is 0.434. The van der Waals surface area contributed by atoms with E-state index in [0.29, 0.717) is 34.3 Å². The normalized spacial score (nSPS) is 10.8. The third kappa shape index (κ3) is 4.23. The molecule has 0 spiro atoms. The zero-order chi connectivity index (χ0) is 20.2. The lowest BCUT2D eigenvalue weighted by Crippen LogP contribution is -2.15. The van der Waals surface area contributed by atoms with Crippen LogP contribution in [-0.2, 0) is 12.3 Å². The van der Waals surface area contributed by atoms with Crippen LogP contribution >= 0.6 is 23.1 Å². The molecule has 0 atom stereocenters. The Balaban J connectivity index is 1.38. The van der Waals surface area contributed by atoms with Gasteiger partial charge in [-0.05, 0) is 17.7 Å². The molecule has 1 aromatic carbocycles. The summed E-state index contributed by atoms with van der Waals surface area (Å²) in [5, 5.41) is 24.1. The molecule has 0 aliphatic carbocycles. The maximum absolute atomic E-state index is 12.1. The Morgan fingerprint density at radius 3 is 2.93 bits per heavy atom. The van der Waals surface area contributed by atoms with Gasteiger partial charge in [0.25, 0.3) is 5.56 Å². The van der Waals surface area contributed by atoms with Gasteiger partial charge in [-0.3, -0.25) is 9.89 Å². The highest BCUT2D eigenvalue weighted by Gasteiger charge is 2.11. The van der Waals surface area contributed by atoms with Crippen LogP contribution in [0.15, 0.2) is 45.7 Å². The average Bonchev–Trinajstić information content (AvgIpc) is 3.38. The molecule has 0 bridgehead atoms. The largest absolute Gasteiger partial charge is 0.497 e. The van der Waals surface area contributed by atoms with Crippen molar-refractivity contribution >= 4 is 33.9 Å². The summed E-state index contributed by atoms with van der Waals surface area (Å²) in [7, 11) is 1.64. The van der Waals surface area contributed by atoms with Gasteiger partial charge in [-0.1, -0.05) is 35.2 Å². The summed E-state index contributed by atoms with van der Waals surface area (Å²) in [6.45, 7) is 0.628. The van der Waals surface area contributed by atoms with Crippen molar-refractivity contribution in [3.63, 3.8) is 0 Å². The number of hydrogen-bond donors (Lipinski definition) is 2. The van der Waals surface area contributed by atoms with Crippen molar-refractivity contribution in [2.45, 2.75) is 16.6 Å². The number of hydrogen-bond acceptors (Lipinski definition) is 9. The van der Waals surface area contributed by atoms with Crippen molar-refractivity contribution in [3.8, 4) is 11.8 Å². The summed E-state index contributed by atoms with van der Waals surface area (Å²) in [5.41, 5.74) is 2.09. The summed E-state index contributed by atoms with van der Waals surface area (Å²) < 4.78 is 7.16. The third-order valence-electron chi connectivity index (χ3n) is 4.02. The monoisotopic (exact) mass is 425 g/mol. The highest BCUT2D eigenvalue weighted by atomic mass is 32.2. The van der Waals surface area contributed by atoms with Crippen LogP contribution < -0.4 is 15.6 Å². The molecule has 11 heteroatoms. The number of rotatable bonds is 7. The first-order chi connectivity index (χ1) is 14.2. The van der Waals surface area contributed by atoms with E-state index in [9.17, 15) is 4.79 Å². The lowest BCUT2D eigenvalue weighted by Gasteiger charge is -2.03. The molecule has 3 heterocycles. The number of thioether (sulfide) groups is 1. The van der Waals surface area contributed by atoms with Gasteiger partial charge in [0.15, 0.2) is 9.99 Å². The lowest BCUT2D eigenvalue weighted by molar-refractivity contribution is 0.414. The molecule has 0 saturated carbocycles. The number of nitrogens with zero attached hydrogens (tertiary/aromatic N) is 5. The Labute approximate surface area is 173 Å². The number of ether oxygens (including phenoxy) is 1. The zero-order valence-corrected chi connectivity index (χ0v) is 16.9. The van der Waals surface area contributed by atoms with Crippen molar-refractivity contribution in [1.82, 2.24) is 24.8 Å². The minimum absolute atomic E-state index is 0.258. The predicted molar refractivity (Wildman–Crippen MR) is 110 cm³/mol. The van der Waals surface area contributed by atoms with Crippen LogP contribution in [0.2, 0.25) is 0 Å². The van der Waals surface area contributed by atoms with Crippen molar-refractivity contribution in [2.24, 2.45) is 0 Å². The van der Waals surface area contributed by atoms with Crippen LogP contribution in [0, 0.1) is 11.3 Å². The Kier molecular flexibility index (Phi) is 5.46. The number of methoxy groups -OCH3 is 1. The van der Waals surface area contributed by atoms with E-state index in [0.717, 1.165) is 15.7 Å². The molecule has 9 nitrogen and oxygen atoms in total. The first-order valence-corrected chi connectivity index (χ1v) is 10.3. The minimum atomic E-state index is -0.258. The topological polar surface area (TPSA) is 121 Å². The van der Waals surface area contributed by atoms with Crippen molar-refractivity contribution in [1.29, 1.82) is 5.26 Å². The smallest absolute Gasteiger partial charge is 0.272 e. The van der Waals surface area contributed by atoms with Crippen molar-refractivity contribution < 1.29 is 4.74 Å². The second-order valence-electron chi connectivity index (χ2n) is 5.91. The van der Waals surface area contributed by atoms with Crippen LogP contribution in [0.4, 0.5) is 5.13 Å². The number of benzene rings is 1. The van der Waals surface area contributed by atoms with E-state index in [1.807, 2.05) is 30.3 Å². The molecule has 0 fully saturated rings. The van der Waals surface area contributed by atoms with Crippen LogP contribution in [0.3, 0.4) is 0 Å². The van der Waals surface area contributed by atoms with Gasteiger partial charge in [-0.25, -0.2) is 9.50 Å². The highest BCUT2D eigenvalue weighted by Crippen LogP contribution is 2.28. The molecule has 0 unspecified atom stereocenters. The van der Waals surface area contributed by atoms with Gasteiger partial charge in [0, 0.05) is 24.6 Å². The number of H-pyrrole nitrogens is 1. The molecule has 4 rings (SSSR count). The van der Waals surface area contributed by atoms with Gasteiger partial charge in [-0.2, -0.15) is 5.26 Å². The van der Waals surface area contributed by atoms with E-state index in [-0.39, 0.29) is 5.56 Å². The molecule has 3 aromatic heterocycles. The Morgan fingerprint density at radius 2 is 2.17 bits per heavy atom. The molecule has 29 heavy (non-hydrogen) atoms. The molecule has 146 valence electrons. The van der Waals surface area contributed by atoms with Gasteiger partial charge < -0.3 is 10.1 Å². The number of nitrogens with one attached hydrogen (secondary N) is 2. The fraction of sp³-hybridized carbons (Fsp3) is 0.167. The van der Waals surface area contributed by atoms with E-state index in [2.05, 4.69) is 25.6 Å². The van der Waals surface area contributed by atoms with Crippen LogP contribution in [0.1, 0.15) is 16.8 Å². The van der Waals surface area contributed by atoms with Gasteiger partial charge >= 0.3 is 0 Å². The molecule has 0 saturated heterocycles. The molecule has 0 radical (unpaired) electrons. The molecule has 2 N–H and O–H groups in total. The van der Waals surface area contributed by atoms with E-state index < -0.39 is 0 Å². The van der Waals surface area contributed by atoms with Gasteiger partial charge in [0.2, 0.25) is 5.13 Å². The zero-order valence-electron chi connectivity index (χ0n) is 15.2.